The summed E-state index contributed by atoms with van der Waals surface area (Å²) in [5.41, 5.74) is 1.82. The highest BCUT2D eigenvalue weighted by Gasteiger charge is 2.16. The van der Waals surface area contributed by atoms with E-state index in [9.17, 15) is 8.42 Å². The van der Waals surface area contributed by atoms with Gasteiger partial charge in [-0.25, -0.2) is 0 Å². The smallest absolute Gasteiger partial charge is 0.282 e. The third-order valence-electron chi connectivity index (χ3n) is 2.06. The van der Waals surface area contributed by atoms with Crippen LogP contribution in [0.5, 0.6) is 0 Å². The summed E-state index contributed by atoms with van der Waals surface area (Å²) in [4.78, 5) is -0.212. The number of nitrogens with zero attached hydrogens (tertiary/aromatic N) is 2. The van der Waals surface area contributed by atoms with Crippen LogP contribution in [0.1, 0.15) is 11.1 Å². The quantitative estimate of drug-likeness (QED) is 0.622. The molecule has 0 aromatic heterocycles. The van der Waals surface area contributed by atoms with E-state index in [0.29, 0.717) is 0 Å². The minimum absolute atomic E-state index is 0.156. The molecule has 82 valence electrons. The molecule has 0 amide bonds. The lowest BCUT2D eigenvalue weighted by Gasteiger charge is -2.05. The van der Waals surface area contributed by atoms with Crippen LogP contribution in [0, 0.1) is 13.8 Å². The molecule has 0 heterocycles. The van der Waals surface area contributed by atoms with E-state index in [2.05, 4.69) is 10.2 Å². The Morgan fingerprint density at radius 2 is 1.73 bits per heavy atom. The van der Waals surface area contributed by atoms with E-state index in [4.69, 9.17) is 4.55 Å². The molecule has 0 fully saturated rings. The first-order valence-electron chi connectivity index (χ1n) is 4.25. The number of rotatable bonds is 2. The maximum Gasteiger partial charge on any atom is 0.296 e. The van der Waals surface area contributed by atoms with Crippen LogP contribution in [-0.4, -0.2) is 20.0 Å². The molecule has 0 bridgehead atoms. The maximum atomic E-state index is 11.0. The van der Waals surface area contributed by atoms with Crippen molar-refractivity contribution in [2.75, 3.05) is 7.05 Å². The highest BCUT2D eigenvalue weighted by molar-refractivity contribution is 7.86. The lowest BCUT2D eigenvalue weighted by atomic mass is 10.1. The van der Waals surface area contributed by atoms with Gasteiger partial charge in [0.25, 0.3) is 10.1 Å². The van der Waals surface area contributed by atoms with Crippen LogP contribution in [0.15, 0.2) is 27.3 Å². The molecule has 1 aromatic rings. The number of benzene rings is 1. The Labute approximate surface area is 88.6 Å². The van der Waals surface area contributed by atoms with Gasteiger partial charge in [0.2, 0.25) is 0 Å². The molecule has 0 unspecified atom stereocenters. The molecule has 0 radical (unpaired) electrons. The van der Waals surface area contributed by atoms with E-state index >= 15 is 0 Å². The van der Waals surface area contributed by atoms with Crippen molar-refractivity contribution in [2.45, 2.75) is 18.7 Å². The third-order valence-corrected chi connectivity index (χ3v) is 2.94. The predicted octanol–water partition coefficient (Wildman–Crippen LogP) is 2.26. The van der Waals surface area contributed by atoms with Crippen LogP contribution in [-0.2, 0) is 10.1 Å². The molecule has 0 aliphatic carbocycles. The van der Waals surface area contributed by atoms with Crippen LogP contribution >= 0.6 is 0 Å². The number of aryl methyl sites for hydroxylation is 2. The van der Waals surface area contributed by atoms with Crippen LogP contribution < -0.4 is 0 Å². The summed E-state index contributed by atoms with van der Waals surface area (Å²) in [6.45, 7) is 3.59. The summed E-state index contributed by atoms with van der Waals surface area (Å²) in [5.74, 6) is 0. The second kappa shape index (κ2) is 4.08. The topological polar surface area (TPSA) is 79.1 Å². The first-order chi connectivity index (χ1) is 6.86. The standard InChI is InChI=1S/C9H12N2O3S/c1-6-4-8(11-10-3)9(5-7(6)2)15(12,13)14/h4-5H,1-3H3,(H,12,13,14). The maximum absolute atomic E-state index is 11.0. The summed E-state index contributed by atoms with van der Waals surface area (Å²) in [7, 11) is -2.82. The fourth-order valence-corrected chi connectivity index (χ4v) is 1.86. The second-order valence-corrected chi connectivity index (χ2v) is 4.57. The van der Waals surface area contributed by atoms with E-state index in [1.165, 1.54) is 13.1 Å². The van der Waals surface area contributed by atoms with Gasteiger partial charge in [0.05, 0.1) is 0 Å². The Kier molecular flexibility index (Phi) is 3.21. The molecular formula is C9H12N2O3S. The molecule has 0 spiro atoms. The van der Waals surface area contributed by atoms with Gasteiger partial charge in [-0.2, -0.15) is 18.6 Å². The molecule has 5 nitrogen and oxygen atoms in total. The van der Waals surface area contributed by atoms with Crippen molar-refractivity contribution >= 4 is 15.8 Å². The molecule has 1 aromatic carbocycles. The van der Waals surface area contributed by atoms with Crippen molar-refractivity contribution in [3.63, 3.8) is 0 Å². The van der Waals surface area contributed by atoms with E-state index in [-0.39, 0.29) is 10.6 Å². The van der Waals surface area contributed by atoms with Crippen LogP contribution in [0.25, 0.3) is 0 Å². The highest BCUT2D eigenvalue weighted by atomic mass is 32.2. The molecule has 1 rings (SSSR count). The van der Waals surface area contributed by atoms with Crippen LogP contribution in [0.4, 0.5) is 5.69 Å². The van der Waals surface area contributed by atoms with Gasteiger partial charge in [0, 0.05) is 7.05 Å². The van der Waals surface area contributed by atoms with Crippen molar-refractivity contribution < 1.29 is 13.0 Å². The Morgan fingerprint density at radius 3 is 2.20 bits per heavy atom. The zero-order valence-corrected chi connectivity index (χ0v) is 9.54. The molecule has 15 heavy (non-hydrogen) atoms. The SMILES string of the molecule is CN=Nc1cc(C)c(C)cc1S(=O)(=O)O. The molecule has 0 saturated carbocycles. The fourth-order valence-electron chi connectivity index (χ4n) is 1.17. The normalized spacial score (nSPS) is 12.3. The zero-order valence-electron chi connectivity index (χ0n) is 8.72. The van der Waals surface area contributed by atoms with Gasteiger partial charge in [-0.15, -0.1) is 0 Å². The number of hydrogen-bond acceptors (Lipinski definition) is 4. The molecule has 1 N–H and O–H groups in total. The largest absolute Gasteiger partial charge is 0.296 e. The molecular weight excluding hydrogens is 216 g/mol. The van der Waals surface area contributed by atoms with E-state index in [1.54, 1.807) is 13.0 Å². The van der Waals surface area contributed by atoms with Crippen LogP contribution in [0.2, 0.25) is 0 Å². The summed E-state index contributed by atoms with van der Waals surface area (Å²) in [6, 6.07) is 2.96. The predicted molar refractivity (Wildman–Crippen MR) is 56.2 cm³/mol. The van der Waals surface area contributed by atoms with Crippen molar-refractivity contribution in [3.8, 4) is 0 Å². The Morgan fingerprint density at radius 1 is 1.20 bits per heavy atom. The third kappa shape index (κ3) is 2.60. The Balaban J connectivity index is 3.56. The Hall–Kier alpha value is -1.27. The average molecular weight is 228 g/mol. The van der Waals surface area contributed by atoms with Gasteiger partial charge in [-0.1, -0.05) is 0 Å². The van der Waals surface area contributed by atoms with E-state index < -0.39 is 10.1 Å². The summed E-state index contributed by atoms with van der Waals surface area (Å²) in [5, 5.41) is 7.16. The lowest BCUT2D eigenvalue weighted by Crippen LogP contribution is -1.99. The van der Waals surface area contributed by atoms with Gasteiger partial charge in [-0.3, -0.25) is 4.55 Å². The molecule has 0 saturated heterocycles. The number of azo groups is 1. The van der Waals surface area contributed by atoms with Crippen LogP contribution in [0.3, 0.4) is 0 Å². The molecule has 0 aliphatic heterocycles. The minimum atomic E-state index is -4.25. The van der Waals surface area contributed by atoms with E-state index in [0.717, 1.165) is 11.1 Å². The first kappa shape index (κ1) is 11.8. The average Bonchev–Trinajstić information content (AvgIpc) is 2.09. The zero-order chi connectivity index (χ0) is 11.6. The highest BCUT2D eigenvalue weighted by Crippen LogP contribution is 2.27. The fraction of sp³-hybridized carbons (Fsp3) is 0.333. The molecule has 0 aliphatic rings. The van der Waals surface area contributed by atoms with Crippen molar-refractivity contribution in [3.05, 3.63) is 23.3 Å². The van der Waals surface area contributed by atoms with Crippen molar-refractivity contribution in [1.82, 2.24) is 0 Å². The van der Waals surface area contributed by atoms with E-state index in [1.807, 2.05) is 6.92 Å². The number of hydrogen-bond donors (Lipinski definition) is 1. The van der Waals surface area contributed by atoms with Gasteiger partial charge >= 0.3 is 0 Å². The molecule has 0 atom stereocenters. The first-order valence-corrected chi connectivity index (χ1v) is 5.69. The second-order valence-electron chi connectivity index (χ2n) is 3.18. The van der Waals surface area contributed by atoms with Gasteiger partial charge in [0.15, 0.2) is 0 Å². The lowest BCUT2D eigenvalue weighted by molar-refractivity contribution is 0.483. The van der Waals surface area contributed by atoms with Gasteiger partial charge < -0.3 is 0 Å². The van der Waals surface area contributed by atoms with Gasteiger partial charge in [-0.05, 0) is 37.1 Å². The minimum Gasteiger partial charge on any atom is -0.282 e. The Bertz CT molecular complexity index is 506. The summed E-state index contributed by atoms with van der Waals surface area (Å²) < 4.78 is 31.1. The molecule has 6 heteroatoms. The van der Waals surface area contributed by atoms with Crippen molar-refractivity contribution in [2.24, 2.45) is 10.2 Å². The monoisotopic (exact) mass is 228 g/mol. The van der Waals surface area contributed by atoms with Crippen molar-refractivity contribution in [1.29, 1.82) is 0 Å². The summed E-state index contributed by atoms with van der Waals surface area (Å²) >= 11 is 0. The summed E-state index contributed by atoms with van der Waals surface area (Å²) in [6.07, 6.45) is 0. The van der Waals surface area contributed by atoms with Gasteiger partial charge in [0.1, 0.15) is 10.6 Å².